The molecule has 1 saturated heterocycles. The van der Waals surface area contributed by atoms with Crippen LogP contribution in [-0.2, 0) is 25.5 Å². The van der Waals surface area contributed by atoms with Gasteiger partial charge >= 0.3 is 11.9 Å². The number of carbonyl (C=O) groups is 3. The molecule has 1 aliphatic heterocycles. The Kier molecular flexibility index (Phi) is 7.94. The van der Waals surface area contributed by atoms with Crippen molar-refractivity contribution in [3.8, 4) is 0 Å². The highest BCUT2D eigenvalue weighted by Gasteiger charge is 2.28. The molecule has 0 aromatic carbocycles. The summed E-state index contributed by atoms with van der Waals surface area (Å²) in [7, 11) is 0. The van der Waals surface area contributed by atoms with Crippen molar-refractivity contribution in [1.82, 2.24) is 9.97 Å². The molecule has 0 radical (unpaired) electrons. The van der Waals surface area contributed by atoms with Crippen molar-refractivity contribution in [1.29, 1.82) is 0 Å². The zero-order valence-corrected chi connectivity index (χ0v) is 18.4. The molecule has 1 fully saturated rings. The fourth-order valence-electron chi connectivity index (χ4n) is 3.26. The van der Waals surface area contributed by atoms with E-state index in [-0.39, 0.29) is 12.5 Å². The molecular weight excluding hydrogens is 420 g/mol. The lowest BCUT2D eigenvalue weighted by Gasteiger charge is -2.30. The van der Waals surface area contributed by atoms with E-state index in [2.05, 4.69) is 15.3 Å². The molecule has 1 aliphatic rings. The largest absolute Gasteiger partial charge is 0.462 e. The molecule has 0 unspecified atom stereocenters. The molecule has 0 atom stereocenters. The van der Waals surface area contributed by atoms with Crippen molar-refractivity contribution >= 4 is 40.1 Å². The highest BCUT2D eigenvalue weighted by atomic mass is 32.1. The Morgan fingerprint density at radius 1 is 1.16 bits per heavy atom. The quantitative estimate of drug-likeness (QED) is 0.616. The third kappa shape index (κ3) is 6.00. The van der Waals surface area contributed by atoms with E-state index < -0.39 is 24.5 Å². The number of amides is 1. The molecule has 9 nitrogen and oxygen atoms in total. The van der Waals surface area contributed by atoms with Crippen LogP contribution >= 0.6 is 11.3 Å². The van der Waals surface area contributed by atoms with Crippen LogP contribution in [0.1, 0.15) is 41.9 Å². The molecule has 2 aromatic heterocycles. The molecule has 3 rings (SSSR count). The van der Waals surface area contributed by atoms with Crippen LogP contribution in [0.25, 0.3) is 0 Å². The van der Waals surface area contributed by atoms with E-state index in [0.29, 0.717) is 42.4 Å². The van der Waals surface area contributed by atoms with E-state index in [9.17, 15) is 14.4 Å². The topological polar surface area (TPSA) is 111 Å². The summed E-state index contributed by atoms with van der Waals surface area (Å²) in [5.74, 6) is -0.988. The van der Waals surface area contributed by atoms with Crippen molar-refractivity contribution in [2.75, 3.05) is 36.5 Å². The Hall–Kier alpha value is -3.01. The molecule has 10 heteroatoms. The zero-order chi connectivity index (χ0) is 22.2. The second-order valence-electron chi connectivity index (χ2n) is 7.00. The van der Waals surface area contributed by atoms with Crippen LogP contribution in [0, 0.1) is 5.92 Å². The summed E-state index contributed by atoms with van der Waals surface area (Å²) in [5.41, 5.74) is 0.318. The van der Waals surface area contributed by atoms with Gasteiger partial charge in [0.25, 0.3) is 5.91 Å². The molecule has 1 amide bonds. The molecule has 31 heavy (non-hydrogen) atoms. The SMILES string of the molecule is CCOC(=O)c1cc(CC)sc1NC(=O)COC(=O)C1CCN(c2ncccn2)CC1. The lowest BCUT2D eigenvalue weighted by molar-refractivity contribution is -0.152. The minimum Gasteiger partial charge on any atom is -0.462 e. The summed E-state index contributed by atoms with van der Waals surface area (Å²) in [4.78, 5) is 48.2. The number of ether oxygens (including phenoxy) is 2. The van der Waals surface area contributed by atoms with Gasteiger partial charge in [0.2, 0.25) is 5.95 Å². The van der Waals surface area contributed by atoms with Gasteiger partial charge in [-0.25, -0.2) is 14.8 Å². The monoisotopic (exact) mass is 446 g/mol. The number of aryl methyl sites for hydroxylation is 1. The van der Waals surface area contributed by atoms with Crippen molar-refractivity contribution in [3.63, 3.8) is 0 Å². The predicted molar refractivity (Wildman–Crippen MR) is 116 cm³/mol. The van der Waals surface area contributed by atoms with E-state index in [1.165, 1.54) is 11.3 Å². The first-order valence-electron chi connectivity index (χ1n) is 10.3. The van der Waals surface area contributed by atoms with E-state index in [1.54, 1.807) is 31.5 Å². The molecule has 0 spiro atoms. The van der Waals surface area contributed by atoms with E-state index in [1.807, 2.05) is 11.8 Å². The fraction of sp³-hybridized carbons (Fsp3) is 0.476. The maximum atomic E-state index is 12.4. The second kappa shape index (κ2) is 10.9. The number of hydrogen-bond acceptors (Lipinski definition) is 9. The molecule has 3 heterocycles. The first kappa shape index (κ1) is 22.7. The maximum Gasteiger partial charge on any atom is 0.341 e. The standard InChI is InChI=1S/C21H26N4O5S/c1-3-15-12-16(20(28)29-4-2)18(31-15)24-17(26)13-30-19(27)14-6-10-25(11-7-14)21-22-8-5-9-23-21/h5,8-9,12,14H,3-4,6-7,10-11,13H2,1-2H3,(H,24,26). The zero-order valence-electron chi connectivity index (χ0n) is 17.6. The number of carbonyl (C=O) groups excluding carboxylic acids is 3. The third-order valence-corrected chi connectivity index (χ3v) is 6.08. The van der Waals surface area contributed by atoms with E-state index >= 15 is 0 Å². The fourth-order valence-corrected chi connectivity index (χ4v) is 4.26. The van der Waals surface area contributed by atoms with Gasteiger partial charge in [-0.05, 0) is 38.3 Å². The Morgan fingerprint density at radius 3 is 2.52 bits per heavy atom. The first-order chi connectivity index (χ1) is 15.0. The minimum atomic E-state index is -0.487. The Balaban J connectivity index is 1.48. The minimum absolute atomic E-state index is 0.246. The summed E-state index contributed by atoms with van der Waals surface area (Å²) in [6.45, 7) is 4.82. The summed E-state index contributed by atoms with van der Waals surface area (Å²) in [5, 5.41) is 3.08. The van der Waals surface area contributed by atoms with Gasteiger partial charge in [-0.1, -0.05) is 6.92 Å². The van der Waals surface area contributed by atoms with Crippen LogP contribution in [-0.4, -0.2) is 54.1 Å². The van der Waals surface area contributed by atoms with Crippen LogP contribution in [0.5, 0.6) is 0 Å². The van der Waals surface area contributed by atoms with Gasteiger partial charge in [0.05, 0.1) is 18.1 Å². The Morgan fingerprint density at radius 2 is 1.87 bits per heavy atom. The number of anilines is 2. The lowest BCUT2D eigenvalue weighted by atomic mass is 9.97. The van der Waals surface area contributed by atoms with Crippen molar-refractivity contribution in [2.45, 2.75) is 33.1 Å². The highest BCUT2D eigenvalue weighted by molar-refractivity contribution is 7.16. The molecule has 1 N–H and O–H groups in total. The van der Waals surface area contributed by atoms with Crippen molar-refractivity contribution in [2.24, 2.45) is 5.92 Å². The van der Waals surface area contributed by atoms with E-state index in [4.69, 9.17) is 9.47 Å². The average molecular weight is 447 g/mol. The number of piperidine rings is 1. The van der Waals surface area contributed by atoms with Gasteiger partial charge in [0, 0.05) is 30.4 Å². The van der Waals surface area contributed by atoms with Gasteiger partial charge in [0.1, 0.15) is 5.00 Å². The van der Waals surface area contributed by atoms with Crippen LogP contribution in [0.2, 0.25) is 0 Å². The number of nitrogens with zero attached hydrogens (tertiary/aromatic N) is 3. The van der Waals surface area contributed by atoms with Crippen LogP contribution in [0.3, 0.4) is 0 Å². The van der Waals surface area contributed by atoms with Gasteiger partial charge in [-0.2, -0.15) is 0 Å². The summed E-state index contributed by atoms with van der Waals surface area (Å²) < 4.78 is 10.3. The van der Waals surface area contributed by atoms with Gasteiger partial charge < -0.3 is 19.7 Å². The Bertz CT molecular complexity index is 910. The second-order valence-corrected chi connectivity index (χ2v) is 8.13. The number of rotatable bonds is 8. The normalized spacial score (nSPS) is 14.2. The van der Waals surface area contributed by atoms with Crippen LogP contribution < -0.4 is 10.2 Å². The van der Waals surface area contributed by atoms with E-state index in [0.717, 1.165) is 11.3 Å². The smallest absolute Gasteiger partial charge is 0.341 e. The summed E-state index contributed by atoms with van der Waals surface area (Å²) >= 11 is 1.31. The van der Waals surface area contributed by atoms with Crippen molar-refractivity contribution in [3.05, 3.63) is 35.0 Å². The van der Waals surface area contributed by atoms with Crippen molar-refractivity contribution < 1.29 is 23.9 Å². The lowest BCUT2D eigenvalue weighted by Crippen LogP contribution is -2.38. The third-order valence-electron chi connectivity index (χ3n) is 4.89. The van der Waals surface area contributed by atoms with Gasteiger partial charge in [0.15, 0.2) is 6.61 Å². The highest BCUT2D eigenvalue weighted by Crippen LogP contribution is 2.29. The molecule has 0 aliphatic carbocycles. The maximum absolute atomic E-state index is 12.4. The molecule has 2 aromatic rings. The molecule has 166 valence electrons. The molecular formula is C21H26N4O5S. The first-order valence-corrected chi connectivity index (χ1v) is 11.1. The number of thiophene rings is 1. The van der Waals surface area contributed by atoms with Gasteiger partial charge in [-0.15, -0.1) is 11.3 Å². The average Bonchev–Trinajstić information content (AvgIpc) is 3.21. The number of aromatic nitrogens is 2. The molecule has 0 saturated carbocycles. The molecule has 0 bridgehead atoms. The number of hydrogen-bond donors (Lipinski definition) is 1. The van der Waals surface area contributed by atoms with Crippen LogP contribution in [0.4, 0.5) is 10.9 Å². The summed E-state index contributed by atoms with van der Waals surface area (Å²) in [6.07, 6.45) is 5.32. The van der Waals surface area contributed by atoms with Gasteiger partial charge in [-0.3, -0.25) is 9.59 Å². The number of nitrogens with one attached hydrogen (secondary N) is 1. The predicted octanol–water partition coefficient (Wildman–Crippen LogP) is 2.68. The Labute approximate surface area is 184 Å². The van der Waals surface area contributed by atoms with Crippen LogP contribution in [0.15, 0.2) is 24.5 Å². The number of esters is 2. The summed E-state index contributed by atoms with van der Waals surface area (Å²) in [6, 6.07) is 3.47.